The van der Waals surface area contributed by atoms with Gasteiger partial charge in [-0.1, -0.05) is 30.3 Å². The second-order valence-corrected chi connectivity index (χ2v) is 12.6. The number of benzene rings is 1. The molecule has 0 aliphatic carbocycles. The maximum atomic E-state index is 13.1. The summed E-state index contributed by atoms with van der Waals surface area (Å²) in [5.41, 5.74) is -2.12. The summed E-state index contributed by atoms with van der Waals surface area (Å²) in [6, 6.07) is 9.14. The summed E-state index contributed by atoms with van der Waals surface area (Å²) in [7, 11) is 1.15. The first-order valence-electron chi connectivity index (χ1n) is 12.9. The van der Waals surface area contributed by atoms with E-state index in [0.29, 0.717) is 0 Å². The molecule has 1 saturated heterocycles. The average molecular weight is 551 g/mol. The van der Waals surface area contributed by atoms with Crippen molar-refractivity contribution in [3.63, 3.8) is 0 Å². The average Bonchev–Trinajstić information content (AvgIpc) is 2.83. The van der Waals surface area contributed by atoms with Gasteiger partial charge in [0.1, 0.15) is 0 Å². The molecular formula is C29H42O10. The van der Waals surface area contributed by atoms with Gasteiger partial charge in [-0.05, 0) is 67.9 Å². The Morgan fingerprint density at radius 1 is 0.692 bits per heavy atom. The first-order chi connectivity index (χ1) is 17.9. The zero-order chi connectivity index (χ0) is 29.8. The molecule has 0 radical (unpaired) electrons. The summed E-state index contributed by atoms with van der Waals surface area (Å²) in [5, 5.41) is 0. The number of rotatable bonds is 7. The number of ether oxygens (including phenoxy) is 6. The summed E-state index contributed by atoms with van der Waals surface area (Å²) in [4.78, 5) is 52.1. The molecule has 10 heteroatoms. The Morgan fingerprint density at radius 3 is 1.56 bits per heavy atom. The summed E-state index contributed by atoms with van der Waals surface area (Å²) in [6.07, 6.45) is -7.24. The predicted molar refractivity (Wildman–Crippen MR) is 140 cm³/mol. The Morgan fingerprint density at radius 2 is 1.13 bits per heavy atom. The quantitative estimate of drug-likeness (QED) is 0.364. The number of hydrogen-bond donors (Lipinski definition) is 0. The van der Waals surface area contributed by atoms with Gasteiger partial charge >= 0.3 is 23.9 Å². The lowest BCUT2D eigenvalue weighted by atomic mass is 9.93. The highest BCUT2D eigenvalue weighted by atomic mass is 16.7. The van der Waals surface area contributed by atoms with Crippen molar-refractivity contribution in [1.82, 2.24) is 0 Å². The van der Waals surface area contributed by atoms with Crippen LogP contribution >= 0.6 is 0 Å². The third kappa shape index (κ3) is 8.76. The second kappa shape index (κ2) is 12.5. The van der Waals surface area contributed by atoms with Gasteiger partial charge in [-0.25, -0.2) is 4.79 Å². The van der Waals surface area contributed by atoms with E-state index < -0.39 is 70.8 Å². The van der Waals surface area contributed by atoms with Gasteiger partial charge in [-0.15, -0.1) is 0 Å². The van der Waals surface area contributed by atoms with Gasteiger partial charge in [-0.3, -0.25) is 14.4 Å². The van der Waals surface area contributed by atoms with Crippen LogP contribution in [0.15, 0.2) is 30.3 Å². The Bertz CT molecular complexity index is 1010. The van der Waals surface area contributed by atoms with Crippen molar-refractivity contribution in [2.24, 2.45) is 16.2 Å². The highest BCUT2D eigenvalue weighted by Gasteiger charge is 2.57. The third-order valence-electron chi connectivity index (χ3n) is 5.75. The van der Waals surface area contributed by atoms with Crippen LogP contribution in [0.4, 0.5) is 0 Å². The highest BCUT2D eigenvalue weighted by molar-refractivity contribution is 5.80. The van der Waals surface area contributed by atoms with Crippen LogP contribution in [-0.4, -0.2) is 61.7 Å². The van der Waals surface area contributed by atoms with Gasteiger partial charge in [0, 0.05) is 0 Å². The standard InChI is InChI=1S/C29H42O10/c1-27(2,3)24(31)37-18-19(38-25(32)28(4,5)6)21(39-26(33)29(7,8)9)23(36-20(18)22(30)34-10)35-16-17-14-12-11-13-15-17/h11-15,18-21,23H,16H2,1-10H3/t18-,19-,20-,21+,23+/m0/s1. The molecule has 39 heavy (non-hydrogen) atoms. The molecule has 0 bridgehead atoms. The van der Waals surface area contributed by atoms with E-state index in [2.05, 4.69) is 0 Å². The minimum atomic E-state index is -1.54. The van der Waals surface area contributed by atoms with Crippen LogP contribution in [0.25, 0.3) is 0 Å². The van der Waals surface area contributed by atoms with Crippen LogP contribution in [-0.2, 0) is 54.2 Å². The molecule has 1 fully saturated rings. The molecule has 0 spiro atoms. The van der Waals surface area contributed by atoms with Gasteiger partial charge in [0.2, 0.25) is 0 Å². The van der Waals surface area contributed by atoms with Gasteiger partial charge in [-0.2, -0.15) is 0 Å². The molecular weight excluding hydrogens is 508 g/mol. The van der Waals surface area contributed by atoms with E-state index in [9.17, 15) is 19.2 Å². The first-order valence-corrected chi connectivity index (χ1v) is 12.9. The zero-order valence-corrected chi connectivity index (χ0v) is 24.6. The maximum Gasteiger partial charge on any atom is 0.339 e. The van der Waals surface area contributed by atoms with E-state index in [-0.39, 0.29) is 6.61 Å². The molecule has 10 nitrogen and oxygen atoms in total. The number of esters is 4. The second-order valence-electron chi connectivity index (χ2n) is 12.6. The molecule has 1 aliphatic heterocycles. The largest absolute Gasteiger partial charge is 0.467 e. The van der Waals surface area contributed by atoms with Crippen molar-refractivity contribution < 1.29 is 47.6 Å². The maximum absolute atomic E-state index is 13.1. The molecule has 0 unspecified atom stereocenters. The van der Waals surface area contributed by atoms with E-state index in [1.54, 1.807) is 62.3 Å². The van der Waals surface area contributed by atoms with Crippen LogP contribution in [0.3, 0.4) is 0 Å². The van der Waals surface area contributed by atoms with Crippen LogP contribution in [0.1, 0.15) is 67.9 Å². The first kappa shape index (κ1) is 32.2. The van der Waals surface area contributed by atoms with Crippen LogP contribution in [0, 0.1) is 16.2 Å². The van der Waals surface area contributed by atoms with E-state index in [4.69, 9.17) is 28.4 Å². The molecule has 5 atom stereocenters. The van der Waals surface area contributed by atoms with E-state index >= 15 is 0 Å². The minimum Gasteiger partial charge on any atom is -0.467 e. The monoisotopic (exact) mass is 550 g/mol. The summed E-state index contributed by atoms with van der Waals surface area (Å²) in [6.45, 7) is 14.8. The predicted octanol–water partition coefficient (Wildman–Crippen LogP) is 3.97. The highest BCUT2D eigenvalue weighted by Crippen LogP contribution is 2.34. The smallest absolute Gasteiger partial charge is 0.339 e. The molecule has 1 aromatic rings. The van der Waals surface area contributed by atoms with Crippen LogP contribution in [0.2, 0.25) is 0 Å². The van der Waals surface area contributed by atoms with E-state index in [1.165, 1.54) is 0 Å². The fourth-order valence-electron chi connectivity index (χ4n) is 3.29. The van der Waals surface area contributed by atoms with Crippen molar-refractivity contribution in [2.45, 2.75) is 99.6 Å². The molecule has 218 valence electrons. The lowest BCUT2D eigenvalue weighted by Gasteiger charge is -2.45. The number of hydrogen-bond acceptors (Lipinski definition) is 10. The Kier molecular flexibility index (Phi) is 10.3. The molecule has 0 saturated carbocycles. The topological polar surface area (TPSA) is 124 Å². The Labute approximate surface area is 230 Å². The van der Waals surface area contributed by atoms with Crippen molar-refractivity contribution >= 4 is 23.9 Å². The fraction of sp³-hybridized carbons (Fsp3) is 0.655. The van der Waals surface area contributed by atoms with E-state index in [1.807, 2.05) is 30.3 Å². The molecule has 0 amide bonds. The lowest BCUT2D eigenvalue weighted by molar-refractivity contribution is -0.307. The number of carbonyl (C=O) groups is 4. The molecule has 1 aliphatic rings. The lowest BCUT2D eigenvalue weighted by Crippen LogP contribution is -2.65. The third-order valence-corrected chi connectivity index (χ3v) is 5.75. The van der Waals surface area contributed by atoms with Gasteiger partial charge in [0.05, 0.1) is 30.0 Å². The molecule has 1 heterocycles. The summed E-state index contributed by atoms with van der Waals surface area (Å²) in [5.74, 6) is -2.88. The Balaban J connectivity index is 2.62. The molecule has 0 N–H and O–H groups in total. The van der Waals surface area contributed by atoms with Gasteiger partial charge in [0.25, 0.3) is 0 Å². The SMILES string of the molecule is COC(=O)[C@H]1O[C@@H](OCc2ccccc2)[C@H](OC(=O)C(C)(C)C)[C@@H](OC(=O)C(C)(C)C)[C@@H]1OC(=O)C(C)(C)C. The zero-order valence-electron chi connectivity index (χ0n) is 24.6. The Hall–Kier alpha value is -2.98. The van der Waals surface area contributed by atoms with Crippen LogP contribution in [0.5, 0.6) is 0 Å². The van der Waals surface area contributed by atoms with Crippen molar-refractivity contribution in [2.75, 3.05) is 7.11 Å². The van der Waals surface area contributed by atoms with Crippen LogP contribution < -0.4 is 0 Å². The number of methoxy groups -OCH3 is 1. The van der Waals surface area contributed by atoms with Crippen molar-refractivity contribution in [1.29, 1.82) is 0 Å². The summed E-state index contributed by atoms with van der Waals surface area (Å²) >= 11 is 0. The fourth-order valence-corrected chi connectivity index (χ4v) is 3.29. The normalized spacial score (nSPS) is 23.9. The molecule has 2 rings (SSSR count). The summed E-state index contributed by atoms with van der Waals surface area (Å²) < 4.78 is 34.3. The van der Waals surface area contributed by atoms with E-state index in [0.717, 1.165) is 12.7 Å². The minimum absolute atomic E-state index is 0.0232. The molecule has 0 aromatic heterocycles. The van der Waals surface area contributed by atoms with Gasteiger partial charge in [0.15, 0.2) is 30.7 Å². The molecule has 1 aromatic carbocycles. The van der Waals surface area contributed by atoms with Gasteiger partial charge < -0.3 is 28.4 Å². The number of carbonyl (C=O) groups excluding carboxylic acids is 4. The van der Waals surface area contributed by atoms with Crippen molar-refractivity contribution in [3.05, 3.63) is 35.9 Å². The van der Waals surface area contributed by atoms with Crippen molar-refractivity contribution in [3.8, 4) is 0 Å².